The molecule has 168 valence electrons. The molecule has 8 nitrogen and oxygen atoms in total. The molecule has 1 aliphatic heterocycles. The molecule has 4 aromatic heterocycles. The first-order valence-corrected chi connectivity index (χ1v) is 10.7. The third-order valence-electron chi connectivity index (χ3n) is 5.41. The number of pyridine rings is 3. The van der Waals surface area contributed by atoms with Gasteiger partial charge in [0.05, 0.1) is 23.1 Å². The van der Waals surface area contributed by atoms with Crippen LogP contribution in [0.15, 0.2) is 48.8 Å². The molecule has 33 heavy (non-hydrogen) atoms. The lowest BCUT2D eigenvalue weighted by molar-refractivity contribution is -0.114. The first-order valence-electron chi connectivity index (χ1n) is 10.7. The van der Waals surface area contributed by atoms with E-state index in [0.29, 0.717) is 52.8 Å². The van der Waals surface area contributed by atoms with E-state index >= 15 is 0 Å². The van der Waals surface area contributed by atoms with Gasteiger partial charge in [-0.25, -0.2) is 9.97 Å². The number of nitrogens with zero attached hydrogens (tertiary/aromatic N) is 3. The highest BCUT2D eigenvalue weighted by molar-refractivity contribution is 6.03. The van der Waals surface area contributed by atoms with Gasteiger partial charge in [-0.1, -0.05) is 6.07 Å². The first-order chi connectivity index (χ1) is 16.1. The Balaban J connectivity index is 1.66. The van der Waals surface area contributed by atoms with Crippen LogP contribution in [0.1, 0.15) is 19.8 Å². The highest BCUT2D eigenvalue weighted by Crippen LogP contribution is 2.40. The molecule has 4 aromatic rings. The Morgan fingerprint density at radius 1 is 1.27 bits per heavy atom. The van der Waals surface area contributed by atoms with Crippen molar-refractivity contribution in [2.24, 2.45) is 0 Å². The van der Waals surface area contributed by atoms with Crippen LogP contribution < -0.4 is 10.1 Å². The molecule has 0 aromatic carbocycles. The molecule has 5 heterocycles. The maximum Gasteiger partial charge on any atom is 0.222 e. The third kappa shape index (κ3) is 4.40. The van der Waals surface area contributed by atoms with Crippen molar-refractivity contribution in [3.8, 4) is 28.3 Å². The van der Waals surface area contributed by atoms with Crippen molar-refractivity contribution < 1.29 is 18.7 Å². The Labute approximate surface area is 189 Å². The number of carbonyl (C=O) groups excluding carboxylic acids is 1. The van der Waals surface area contributed by atoms with E-state index in [1.165, 1.54) is 13.0 Å². The zero-order valence-electron chi connectivity index (χ0n) is 18.0. The standard InChI is InChI=1S/C24H22FN5O3/c1-14(31)28-20-11-15(7-9-27-20)22-21(17-6-2-3-8-26-17)24-23(30-22)18(12-19(25)29-24)33-13-16-5-4-10-32-16/h2-3,6-9,11-12,16,30H,4-5,10,13H2,1H3,(H,27,28,31)/t16-/m1/s1. The van der Waals surface area contributed by atoms with Gasteiger partial charge in [0.25, 0.3) is 0 Å². The highest BCUT2D eigenvalue weighted by Gasteiger charge is 2.23. The Bertz CT molecular complexity index is 1300. The topological polar surface area (TPSA) is 102 Å². The number of hydrogen-bond donors (Lipinski definition) is 2. The number of rotatable bonds is 6. The molecule has 1 fully saturated rings. The Hall–Kier alpha value is -3.85. The van der Waals surface area contributed by atoms with Gasteiger partial charge in [0, 0.05) is 37.6 Å². The predicted molar refractivity (Wildman–Crippen MR) is 121 cm³/mol. The van der Waals surface area contributed by atoms with Crippen LogP contribution >= 0.6 is 0 Å². The minimum absolute atomic E-state index is 0.0126. The summed E-state index contributed by atoms with van der Waals surface area (Å²) in [7, 11) is 0. The fourth-order valence-corrected chi connectivity index (χ4v) is 3.98. The summed E-state index contributed by atoms with van der Waals surface area (Å²) in [6.45, 7) is 2.46. The highest BCUT2D eigenvalue weighted by atomic mass is 19.1. The molecule has 0 radical (unpaired) electrons. The van der Waals surface area contributed by atoms with Gasteiger partial charge in [0.2, 0.25) is 11.9 Å². The molecule has 0 bridgehead atoms. The van der Waals surface area contributed by atoms with E-state index in [-0.39, 0.29) is 12.0 Å². The predicted octanol–water partition coefficient (Wildman–Crippen LogP) is 4.34. The average molecular weight is 447 g/mol. The molecule has 9 heteroatoms. The molecule has 0 saturated carbocycles. The number of ether oxygens (including phenoxy) is 2. The summed E-state index contributed by atoms with van der Waals surface area (Å²) < 4.78 is 26.2. The second kappa shape index (κ2) is 8.95. The molecule has 2 N–H and O–H groups in total. The lowest BCUT2D eigenvalue weighted by Gasteiger charge is -2.12. The van der Waals surface area contributed by atoms with Crippen LogP contribution in [0, 0.1) is 5.95 Å². The maximum atomic E-state index is 14.6. The lowest BCUT2D eigenvalue weighted by atomic mass is 10.0. The summed E-state index contributed by atoms with van der Waals surface area (Å²) in [5.74, 6) is -0.122. The second-order valence-electron chi connectivity index (χ2n) is 7.81. The fourth-order valence-electron chi connectivity index (χ4n) is 3.98. The van der Waals surface area contributed by atoms with E-state index in [0.717, 1.165) is 18.4 Å². The van der Waals surface area contributed by atoms with Crippen molar-refractivity contribution in [2.75, 3.05) is 18.5 Å². The number of H-pyrrole nitrogens is 1. The zero-order chi connectivity index (χ0) is 22.8. The summed E-state index contributed by atoms with van der Waals surface area (Å²) >= 11 is 0. The fraction of sp³-hybridized carbons (Fsp3) is 0.250. The number of aromatic nitrogens is 4. The van der Waals surface area contributed by atoms with Gasteiger partial charge >= 0.3 is 0 Å². The van der Waals surface area contributed by atoms with Crippen LogP contribution in [0.3, 0.4) is 0 Å². The zero-order valence-corrected chi connectivity index (χ0v) is 18.0. The normalized spacial score (nSPS) is 15.6. The van der Waals surface area contributed by atoms with E-state index in [1.807, 2.05) is 18.2 Å². The first kappa shape index (κ1) is 21.0. The van der Waals surface area contributed by atoms with Gasteiger partial charge in [-0.3, -0.25) is 9.78 Å². The number of halogens is 1. The third-order valence-corrected chi connectivity index (χ3v) is 5.41. The average Bonchev–Trinajstić information content (AvgIpc) is 3.46. The van der Waals surface area contributed by atoms with Crippen molar-refractivity contribution in [3.05, 3.63) is 54.7 Å². The lowest BCUT2D eigenvalue weighted by Crippen LogP contribution is -2.16. The number of anilines is 1. The van der Waals surface area contributed by atoms with Crippen molar-refractivity contribution in [1.29, 1.82) is 0 Å². The van der Waals surface area contributed by atoms with Crippen LogP contribution in [0.25, 0.3) is 33.5 Å². The Morgan fingerprint density at radius 2 is 2.18 bits per heavy atom. The number of aromatic amines is 1. The maximum absolute atomic E-state index is 14.6. The van der Waals surface area contributed by atoms with Crippen molar-refractivity contribution >= 4 is 22.8 Å². The number of amides is 1. The molecule has 0 spiro atoms. The van der Waals surface area contributed by atoms with E-state index in [2.05, 4.69) is 25.3 Å². The Morgan fingerprint density at radius 3 is 2.94 bits per heavy atom. The molecule has 0 aliphatic carbocycles. The number of nitrogens with one attached hydrogen (secondary N) is 2. The summed E-state index contributed by atoms with van der Waals surface area (Å²) in [5.41, 5.74) is 3.62. The molecule has 1 atom stereocenters. The van der Waals surface area contributed by atoms with Crippen molar-refractivity contribution in [2.45, 2.75) is 25.9 Å². The van der Waals surface area contributed by atoms with E-state index in [1.54, 1.807) is 24.5 Å². The SMILES string of the molecule is CC(=O)Nc1cc(-c2[nH]c3c(OC[C@H]4CCCO4)cc(F)nc3c2-c2ccccn2)ccn1. The van der Waals surface area contributed by atoms with Crippen molar-refractivity contribution in [3.63, 3.8) is 0 Å². The minimum atomic E-state index is -0.652. The summed E-state index contributed by atoms with van der Waals surface area (Å²) in [6.07, 6.45) is 5.15. The van der Waals surface area contributed by atoms with Crippen molar-refractivity contribution in [1.82, 2.24) is 19.9 Å². The van der Waals surface area contributed by atoms with Crippen LogP contribution in [0.4, 0.5) is 10.2 Å². The monoisotopic (exact) mass is 447 g/mol. The molecule has 0 unspecified atom stereocenters. The van der Waals surface area contributed by atoms with E-state index in [9.17, 15) is 9.18 Å². The summed E-state index contributed by atoms with van der Waals surface area (Å²) in [5, 5.41) is 2.69. The smallest absolute Gasteiger partial charge is 0.222 e. The summed E-state index contributed by atoms with van der Waals surface area (Å²) in [4.78, 5) is 27.7. The quantitative estimate of drug-likeness (QED) is 0.426. The van der Waals surface area contributed by atoms with Gasteiger partial charge in [-0.15, -0.1) is 0 Å². The van der Waals surface area contributed by atoms with Gasteiger partial charge in [0.1, 0.15) is 29.2 Å². The summed E-state index contributed by atoms with van der Waals surface area (Å²) in [6, 6.07) is 10.3. The molecule has 1 saturated heterocycles. The molecule has 1 amide bonds. The van der Waals surface area contributed by atoms with Crippen LogP contribution in [-0.2, 0) is 9.53 Å². The van der Waals surface area contributed by atoms with Gasteiger partial charge in [-0.05, 0) is 37.1 Å². The van der Waals surface area contributed by atoms with E-state index < -0.39 is 5.95 Å². The van der Waals surface area contributed by atoms with Gasteiger partial charge in [-0.2, -0.15) is 4.39 Å². The van der Waals surface area contributed by atoms with E-state index in [4.69, 9.17) is 9.47 Å². The number of hydrogen-bond acceptors (Lipinski definition) is 6. The second-order valence-corrected chi connectivity index (χ2v) is 7.81. The Kier molecular flexibility index (Phi) is 5.70. The van der Waals surface area contributed by atoms with Crippen LogP contribution in [-0.4, -0.2) is 45.2 Å². The molecule has 1 aliphatic rings. The van der Waals surface area contributed by atoms with Gasteiger partial charge < -0.3 is 19.8 Å². The molecular weight excluding hydrogens is 425 g/mol. The number of fused-ring (bicyclic) bond motifs is 1. The molecule has 5 rings (SSSR count). The molecular formula is C24H22FN5O3. The largest absolute Gasteiger partial charge is 0.488 e. The van der Waals surface area contributed by atoms with Gasteiger partial charge in [0.15, 0.2) is 0 Å². The number of carbonyl (C=O) groups is 1. The minimum Gasteiger partial charge on any atom is -0.488 e. The van der Waals surface area contributed by atoms with Crippen LogP contribution in [0.5, 0.6) is 5.75 Å². The van der Waals surface area contributed by atoms with Crippen LogP contribution in [0.2, 0.25) is 0 Å².